The molecule has 0 radical (unpaired) electrons. The normalized spacial score (nSPS) is 15.4. The Labute approximate surface area is 149 Å². The lowest BCUT2D eigenvalue weighted by molar-refractivity contribution is 0.248. The third kappa shape index (κ3) is 3.76. The topological polar surface area (TPSA) is 70.4 Å². The fraction of sp³-hybridized carbons (Fsp3) is 0.333. The minimum Gasteiger partial charge on any atom is -0.423 e. The van der Waals surface area contributed by atoms with Gasteiger partial charge in [0.2, 0.25) is 0 Å². The summed E-state index contributed by atoms with van der Waals surface area (Å²) in [4.78, 5) is 18.6. The molecule has 0 spiro atoms. The largest absolute Gasteiger partial charge is 0.423 e. The van der Waals surface area contributed by atoms with Crippen molar-refractivity contribution >= 4 is 39.5 Å². The average Bonchev–Trinajstić information content (AvgIpc) is 3.29. The minimum absolute atomic E-state index is 0.135. The number of carbonyl (C=O) groups excluding carboxylic acids is 1. The molecule has 130 valence electrons. The summed E-state index contributed by atoms with van der Waals surface area (Å²) in [6, 6.07) is 12.2. The van der Waals surface area contributed by atoms with Crippen LogP contribution >= 0.6 is 11.3 Å². The van der Waals surface area contributed by atoms with Crippen molar-refractivity contribution in [1.82, 2.24) is 10.3 Å². The quantitative estimate of drug-likeness (QED) is 0.743. The number of piperidine rings is 1. The molecule has 2 aromatic heterocycles. The molecule has 0 atom stereocenters. The van der Waals surface area contributed by atoms with Gasteiger partial charge in [0.05, 0.1) is 5.00 Å². The van der Waals surface area contributed by atoms with E-state index in [9.17, 15) is 4.79 Å². The highest BCUT2D eigenvalue weighted by molar-refractivity contribution is 7.14. The fourth-order valence-corrected chi connectivity index (χ4v) is 3.68. The number of nitrogens with one attached hydrogen (secondary N) is 2. The number of hydrogen-bond acceptors (Lipinski definition) is 5. The van der Waals surface area contributed by atoms with Crippen LogP contribution in [0, 0.1) is 5.92 Å². The van der Waals surface area contributed by atoms with E-state index in [0.29, 0.717) is 18.5 Å². The molecule has 6 nitrogen and oxygen atoms in total. The van der Waals surface area contributed by atoms with E-state index >= 15 is 0 Å². The molecule has 0 unspecified atom stereocenters. The van der Waals surface area contributed by atoms with Gasteiger partial charge in [-0.1, -0.05) is 12.1 Å². The predicted molar refractivity (Wildman–Crippen MR) is 100 cm³/mol. The molecule has 2 N–H and O–H groups in total. The van der Waals surface area contributed by atoms with Crippen molar-refractivity contribution in [2.45, 2.75) is 12.8 Å². The molecule has 0 aliphatic carbocycles. The summed E-state index contributed by atoms with van der Waals surface area (Å²) in [6.07, 6.45) is 2.02. The first-order valence-corrected chi connectivity index (χ1v) is 9.35. The third-order valence-corrected chi connectivity index (χ3v) is 5.26. The number of hydrogen-bond donors (Lipinski definition) is 2. The highest BCUT2D eigenvalue weighted by atomic mass is 32.1. The fourth-order valence-electron chi connectivity index (χ4n) is 3.07. The number of nitrogens with zero attached hydrogens (tertiary/aromatic N) is 2. The van der Waals surface area contributed by atoms with Gasteiger partial charge in [0, 0.05) is 19.6 Å². The van der Waals surface area contributed by atoms with Crippen LogP contribution in [0.3, 0.4) is 0 Å². The minimum atomic E-state index is -0.135. The van der Waals surface area contributed by atoms with E-state index in [-0.39, 0.29) is 6.03 Å². The van der Waals surface area contributed by atoms with Gasteiger partial charge >= 0.3 is 6.03 Å². The zero-order valence-corrected chi connectivity index (χ0v) is 14.6. The Morgan fingerprint density at radius 1 is 1.24 bits per heavy atom. The predicted octanol–water partition coefficient (Wildman–Crippen LogP) is 3.93. The first-order valence-electron chi connectivity index (χ1n) is 8.47. The molecule has 3 aromatic rings. The Morgan fingerprint density at radius 3 is 2.84 bits per heavy atom. The van der Waals surface area contributed by atoms with Crippen molar-refractivity contribution in [3.05, 3.63) is 41.8 Å². The lowest BCUT2D eigenvalue weighted by atomic mass is 9.97. The summed E-state index contributed by atoms with van der Waals surface area (Å²) in [6.45, 7) is 2.48. The molecule has 2 amide bonds. The number of oxazole rings is 1. The Morgan fingerprint density at radius 2 is 2.08 bits per heavy atom. The van der Waals surface area contributed by atoms with Crippen LogP contribution in [0.1, 0.15) is 12.8 Å². The molecule has 4 rings (SSSR count). The molecular formula is C18H20N4O2S. The van der Waals surface area contributed by atoms with Gasteiger partial charge < -0.3 is 14.6 Å². The molecule has 7 heteroatoms. The summed E-state index contributed by atoms with van der Waals surface area (Å²) in [5.41, 5.74) is 1.72. The number of anilines is 2. The van der Waals surface area contributed by atoms with E-state index in [1.165, 1.54) is 11.3 Å². The SMILES string of the molecule is O=C(NCC1CCN(c2nc3ccccc3o2)CC1)Nc1cccs1. The number of rotatable bonds is 4. The van der Waals surface area contributed by atoms with Crippen LogP contribution in [0.2, 0.25) is 0 Å². The first kappa shape index (κ1) is 16.0. The zero-order chi connectivity index (χ0) is 17.1. The second kappa shape index (κ2) is 7.14. The van der Waals surface area contributed by atoms with E-state index in [2.05, 4.69) is 20.5 Å². The second-order valence-corrected chi connectivity index (χ2v) is 7.15. The van der Waals surface area contributed by atoms with E-state index in [1.54, 1.807) is 0 Å². The van der Waals surface area contributed by atoms with Gasteiger partial charge in [-0.2, -0.15) is 4.98 Å². The molecule has 1 saturated heterocycles. The van der Waals surface area contributed by atoms with Crippen LogP contribution in [0.5, 0.6) is 0 Å². The zero-order valence-electron chi connectivity index (χ0n) is 13.8. The van der Waals surface area contributed by atoms with Gasteiger partial charge in [-0.15, -0.1) is 11.3 Å². The molecule has 1 aliphatic rings. The van der Waals surface area contributed by atoms with Crippen LogP contribution in [0.25, 0.3) is 11.1 Å². The van der Waals surface area contributed by atoms with Crippen LogP contribution in [0.15, 0.2) is 46.2 Å². The molecule has 1 fully saturated rings. The maximum Gasteiger partial charge on any atom is 0.319 e. The van der Waals surface area contributed by atoms with Gasteiger partial charge in [0.25, 0.3) is 6.01 Å². The lowest BCUT2D eigenvalue weighted by Gasteiger charge is -2.30. The molecule has 0 saturated carbocycles. The smallest absolute Gasteiger partial charge is 0.319 e. The molecule has 0 bridgehead atoms. The maximum absolute atomic E-state index is 11.9. The summed E-state index contributed by atoms with van der Waals surface area (Å²) >= 11 is 1.52. The Bertz CT molecular complexity index is 805. The van der Waals surface area contributed by atoms with Gasteiger partial charge in [-0.05, 0) is 48.4 Å². The molecule has 3 heterocycles. The van der Waals surface area contributed by atoms with Crippen LogP contribution < -0.4 is 15.5 Å². The van der Waals surface area contributed by atoms with E-state index in [4.69, 9.17) is 4.42 Å². The Hall–Kier alpha value is -2.54. The molecular weight excluding hydrogens is 336 g/mol. The van der Waals surface area contributed by atoms with Crippen LogP contribution in [-0.4, -0.2) is 30.6 Å². The van der Waals surface area contributed by atoms with Gasteiger partial charge in [0.15, 0.2) is 5.58 Å². The lowest BCUT2D eigenvalue weighted by Crippen LogP contribution is -2.39. The number of amides is 2. The summed E-state index contributed by atoms with van der Waals surface area (Å²) in [7, 11) is 0. The summed E-state index contributed by atoms with van der Waals surface area (Å²) in [5, 5.41) is 8.62. The van der Waals surface area contributed by atoms with Crippen LogP contribution in [0.4, 0.5) is 15.8 Å². The standard InChI is InChI=1S/C18H20N4O2S/c23-17(21-16-6-3-11-25-16)19-12-13-7-9-22(10-8-13)18-20-14-4-1-2-5-15(14)24-18/h1-6,11,13H,7-10,12H2,(H2,19,21,23). The maximum atomic E-state index is 11.9. The number of urea groups is 1. The highest BCUT2D eigenvalue weighted by Crippen LogP contribution is 2.26. The van der Waals surface area contributed by atoms with E-state index < -0.39 is 0 Å². The third-order valence-electron chi connectivity index (χ3n) is 4.48. The number of aromatic nitrogens is 1. The molecule has 1 aromatic carbocycles. The van der Waals surface area contributed by atoms with E-state index in [0.717, 1.165) is 42.0 Å². The van der Waals surface area contributed by atoms with Crippen molar-refractivity contribution < 1.29 is 9.21 Å². The molecule has 1 aliphatic heterocycles. The number of carbonyl (C=O) groups is 1. The second-order valence-electron chi connectivity index (χ2n) is 6.21. The number of thiophene rings is 1. The van der Waals surface area contributed by atoms with Crippen molar-refractivity contribution in [2.24, 2.45) is 5.92 Å². The van der Waals surface area contributed by atoms with Crippen LogP contribution in [-0.2, 0) is 0 Å². The van der Waals surface area contributed by atoms with Gasteiger partial charge in [-0.3, -0.25) is 5.32 Å². The average molecular weight is 356 g/mol. The van der Waals surface area contributed by atoms with Gasteiger partial charge in [-0.25, -0.2) is 4.79 Å². The Balaban J connectivity index is 1.26. The van der Waals surface area contributed by atoms with E-state index in [1.807, 2.05) is 41.8 Å². The van der Waals surface area contributed by atoms with Crippen molar-refractivity contribution in [2.75, 3.05) is 29.9 Å². The van der Waals surface area contributed by atoms with Crippen molar-refractivity contribution in [3.63, 3.8) is 0 Å². The number of fused-ring (bicyclic) bond motifs is 1. The Kier molecular flexibility index (Phi) is 4.56. The monoisotopic (exact) mass is 356 g/mol. The summed E-state index contributed by atoms with van der Waals surface area (Å²) in [5.74, 6) is 0.481. The van der Waals surface area contributed by atoms with Crippen molar-refractivity contribution in [1.29, 1.82) is 0 Å². The first-order chi connectivity index (χ1) is 12.3. The van der Waals surface area contributed by atoms with Crippen molar-refractivity contribution in [3.8, 4) is 0 Å². The number of para-hydroxylation sites is 2. The highest BCUT2D eigenvalue weighted by Gasteiger charge is 2.23. The number of benzene rings is 1. The van der Waals surface area contributed by atoms with Gasteiger partial charge in [0.1, 0.15) is 5.52 Å². The molecule has 25 heavy (non-hydrogen) atoms. The summed E-state index contributed by atoms with van der Waals surface area (Å²) < 4.78 is 5.84.